The molecular formula is C22H29N3. The molecule has 3 heteroatoms. The van der Waals surface area contributed by atoms with E-state index in [1.807, 2.05) is 0 Å². The van der Waals surface area contributed by atoms with Gasteiger partial charge < -0.3 is 16.5 Å². The molecule has 0 radical (unpaired) electrons. The normalized spacial score (nSPS) is 14.6. The van der Waals surface area contributed by atoms with Gasteiger partial charge in [-0.15, -0.1) is 0 Å². The summed E-state index contributed by atoms with van der Waals surface area (Å²) in [5.41, 5.74) is 12.8. The fourth-order valence-electron chi connectivity index (χ4n) is 3.83. The van der Waals surface area contributed by atoms with Crippen LogP contribution >= 0.6 is 0 Å². The van der Waals surface area contributed by atoms with Crippen molar-refractivity contribution in [2.45, 2.75) is 51.5 Å². The van der Waals surface area contributed by atoms with Crippen LogP contribution in [0.5, 0.6) is 0 Å². The van der Waals surface area contributed by atoms with Crippen LogP contribution < -0.4 is 11.1 Å². The van der Waals surface area contributed by atoms with Gasteiger partial charge in [0.2, 0.25) is 0 Å². The maximum atomic E-state index is 7.89. The number of aryl methyl sites for hydroxylation is 1. The van der Waals surface area contributed by atoms with Gasteiger partial charge in [0, 0.05) is 23.5 Å². The molecule has 2 aromatic rings. The Morgan fingerprint density at radius 3 is 2.64 bits per heavy atom. The second kappa shape index (κ2) is 8.30. The summed E-state index contributed by atoms with van der Waals surface area (Å²) in [6.45, 7) is 2.83. The van der Waals surface area contributed by atoms with E-state index < -0.39 is 0 Å². The minimum atomic E-state index is 0.544. The van der Waals surface area contributed by atoms with E-state index in [-0.39, 0.29) is 0 Å². The average molecular weight is 335 g/mol. The molecule has 3 rings (SSSR count). The van der Waals surface area contributed by atoms with Gasteiger partial charge in [0.25, 0.3) is 0 Å². The van der Waals surface area contributed by atoms with Crippen LogP contribution in [0.25, 0.3) is 11.1 Å². The number of rotatable bonds is 7. The second-order valence-corrected chi connectivity index (χ2v) is 6.96. The van der Waals surface area contributed by atoms with Crippen molar-refractivity contribution < 1.29 is 0 Å². The van der Waals surface area contributed by atoms with Gasteiger partial charge in [-0.05, 0) is 60.5 Å². The summed E-state index contributed by atoms with van der Waals surface area (Å²) in [7, 11) is 0. The first kappa shape index (κ1) is 17.7. The maximum Gasteiger partial charge on any atom is 0.0440 e. The summed E-state index contributed by atoms with van der Waals surface area (Å²) < 4.78 is 0. The summed E-state index contributed by atoms with van der Waals surface area (Å²) in [4.78, 5) is 0. The third-order valence-corrected chi connectivity index (χ3v) is 5.20. The first-order valence-electron chi connectivity index (χ1n) is 9.48. The zero-order valence-electron chi connectivity index (χ0n) is 15.1. The van der Waals surface area contributed by atoms with Gasteiger partial charge in [-0.3, -0.25) is 0 Å². The molecule has 0 saturated heterocycles. The van der Waals surface area contributed by atoms with Crippen molar-refractivity contribution in [1.29, 1.82) is 5.41 Å². The number of hydrogen-bond acceptors (Lipinski definition) is 3. The van der Waals surface area contributed by atoms with E-state index in [1.165, 1.54) is 54.2 Å². The predicted molar refractivity (Wildman–Crippen MR) is 108 cm³/mol. The van der Waals surface area contributed by atoms with Crippen LogP contribution in [-0.4, -0.2) is 18.8 Å². The summed E-state index contributed by atoms with van der Waals surface area (Å²) >= 11 is 0. The van der Waals surface area contributed by atoms with E-state index in [9.17, 15) is 0 Å². The summed E-state index contributed by atoms with van der Waals surface area (Å²) in [6, 6.07) is 13.7. The molecule has 3 nitrogen and oxygen atoms in total. The average Bonchev–Trinajstić information content (AvgIpc) is 3.14. The highest BCUT2D eigenvalue weighted by Crippen LogP contribution is 2.31. The molecule has 0 atom stereocenters. The van der Waals surface area contributed by atoms with E-state index >= 15 is 0 Å². The third-order valence-electron chi connectivity index (χ3n) is 5.20. The molecule has 0 heterocycles. The molecule has 0 amide bonds. The summed E-state index contributed by atoms with van der Waals surface area (Å²) in [5, 5.41) is 11.6. The number of anilines is 1. The van der Waals surface area contributed by atoms with E-state index in [4.69, 9.17) is 11.1 Å². The van der Waals surface area contributed by atoms with Crippen molar-refractivity contribution in [3.05, 3.63) is 53.1 Å². The smallest absolute Gasteiger partial charge is 0.0440 e. The Morgan fingerprint density at radius 1 is 1.16 bits per heavy atom. The van der Waals surface area contributed by atoms with Crippen LogP contribution in [0.1, 0.15) is 49.3 Å². The Labute approximate surface area is 151 Å². The number of nitrogens with one attached hydrogen (secondary N) is 2. The Balaban J connectivity index is 2.01. The van der Waals surface area contributed by atoms with E-state index in [0.29, 0.717) is 12.6 Å². The minimum Gasteiger partial charge on any atom is -0.382 e. The molecule has 0 aliphatic heterocycles. The fourth-order valence-corrected chi connectivity index (χ4v) is 3.83. The molecule has 1 aliphatic carbocycles. The third kappa shape index (κ3) is 4.10. The van der Waals surface area contributed by atoms with Crippen molar-refractivity contribution in [2.24, 2.45) is 5.73 Å². The molecule has 132 valence electrons. The van der Waals surface area contributed by atoms with Gasteiger partial charge >= 0.3 is 0 Å². The molecule has 0 unspecified atom stereocenters. The van der Waals surface area contributed by atoms with Crippen LogP contribution in [-0.2, 0) is 12.8 Å². The van der Waals surface area contributed by atoms with Gasteiger partial charge in [0.1, 0.15) is 0 Å². The zero-order valence-corrected chi connectivity index (χ0v) is 15.1. The van der Waals surface area contributed by atoms with E-state index in [2.05, 4.69) is 48.6 Å². The number of nitrogens with two attached hydrogens (primary N) is 1. The molecule has 4 N–H and O–H groups in total. The van der Waals surface area contributed by atoms with Gasteiger partial charge in [0.05, 0.1) is 0 Å². The second-order valence-electron chi connectivity index (χ2n) is 6.96. The van der Waals surface area contributed by atoms with Crippen LogP contribution in [0.2, 0.25) is 0 Å². The van der Waals surface area contributed by atoms with Crippen LogP contribution in [0.15, 0.2) is 36.4 Å². The van der Waals surface area contributed by atoms with Crippen molar-refractivity contribution in [2.75, 3.05) is 11.9 Å². The largest absolute Gasteiger partial charge is 0.382 e. The molecule has 1 aliphatic rings. The van der Waals surface area contributed by atoms with Crippen molar-refractivity contribution in [1.82, 2.24) is 0 Å². The maximum absolute atomic E-state index is 7.89. The van der Waals surface area contributed by atoms with Gasteiger partial charge in [-0.2, -0.15) is 0 Å². The van der Waals surface area contributed by atoms with Crippen LogP contribution in [0.4, 0.5) is 5.69 Å². The monoisotopic (exact) mass is 335 g/mol. The molecule has 1 fully saturated rings. The Hall–Kier alpha value is -2.13. The van der Waals surface area contributed by atoms with E-state index in [1.54, 1.807) is 0 Å². The fraction of sp³-hybridized carbons (Fsp3) is 0.409. The van der Waals surface area contributed by atoms with Crippen molar-refractivity contribution in [3.8, 4) is 11.1 Å². The molecule has 1 saturated carbocycles. The molecule has 2 aromatic carbocycles. The van der Waals surface area contributed by atoms with Crippen LogP contribution in [0, 0.1) is 5.41 Å². The highest BCUT2D eigenvalue weighted by Gasteiger charge is 2.17. The highest BCUT2D eigenvalue weighted by molar-refractivity contribution is 5.90. The summed E-state index contributed by atoms with van der Waals surface area (Å²) in [6.07, 6.45) is 8.41. The van der Waals surface area contributed by atoms with Gasteiger partial charge in [-0.25, -0.2) is 0 Å². The predicted octanol–water partition coefficient (Wildman–Crippen LogP) is 4.77. The molecule has 0 spiro atoms. The number of hydrogen-bond donors (Lipinski definition) is 3. The topological polar surface area (TPSA) is 61.9 Å². The van der Waals surface area contributed by atoms with Crippen molar-refractivity contribution in [3.63, 3.8) is 0 Å². The quantitative estimate of drug-likeness (QED) is 0.638. The SMILES string of the molecule is CCc1cc(-c2cccc(CCN)c2)cc(NC2CCCC2)c1C=N. The zero-order chi connectivity index (χ0) is 17.6. The lowest BCUT2D eigenvalue weighted by Gasteiger charge is -2.19. The molecular weight excluding hydrogens is 306 g/mol. The standard InChI is InChI=1S/C22H29N3/c1-2-17-13-19(18-7-5-6-16(12-18)10-11-23)14-22(21(17)15-24)25-20-8-3-4-9-20/h5-7,12-15,20,24-25H,2-4,8-11,23H2,1H3. The number of benzene rings is 2. The lowest BCUT2D eigenvalue weighted by Crippen LogP contribution is -2.16. The first-order chi connectivity index (χ1) is 12.2. The van der Waals surface area contributed by atoms with Gasteiger partial charge in [0.15, 0.2) is 0 Å². The Morgan fingerprint density at radius 2 is 1.96 bits per heavy atom. The van der Waals surface area contributed by atoms with Gasteiger partial charge in [-0.1, -0.05) is 50.1 Å². The lowest BCUT2D eigenvalue weighted by atomic mass is 9.94. The van der Waals surface area contributed by atoms with Crippen molar-refractivity contribution >= 4 is 11.9 Å². The Bertz CT molecular complexity index is 730. The molecule has 0 bridgehead atoms. The molecule has 25 heavy (non-hydrogen) atoms. The highest BCUT2D eigenvalue weighted by atomic mass is 14.9. The summed E-state index contributed by atoms with van der Waals surface area (Å²) in [5.74, 6) is 0. The molecule has 0 aromatic heterocycles. The minimum absolute atomic E-state index is 0.544. The van der Waals surface area contributed by atoms with E-state index in [0.717, 1.165) is 24.1 Å². The van der Waals surface area contributed by atoms with Crippen LogP contribution in [0.3, 0.4) is 0 Å². The Kier molecular flexibility index (Phi) is 5.87. The lowest BCUT2D eigenvalue weighted by molar-refractivity contribution is 0.755. The first-order valence-corrected chi connectivity index (χ1v) is 9.48.